The first-order valence-electron chi connectivity index (χ1n) is 6.08. The van der Waals surface area contributed by atoms with Crippen LogP contribution in [0.15, 0.2) is 39.3 Å². The molecule has 0 aliphatic heterocycles. The number of rotatable bonds is 2. The number of halogens is 2. The molecule has 0 atom stereocenters. The number of aromatic nitrogens is 2. The molecule has 2 aromatic carbocycles. The Balaban J connectivity index is 2.22. The fraction of sp³-hybridized carbons (Fsp3) is 0.133. The molecular weight excluding hydrogens is 384 g/mol. The zero-order chi connectivity index (χ0) is 14.3. The van der Waals surface area contributed by atoms with Crippen LogP contribution in [0.25, 0.3) is 22.4 Å². The number of nitrogens with one attached hydrogen (secondary N) is 1. The zero-order valence-electron chi connectivity index (χ0n) is 11.0. The Labute approximate surface area is 133 Å². The van der Waals surface area contributed by atoms with Crippen molar-refractivity contribution in [1.29, 1.82) is 0 Å². The molecule has 0 spiro atoms. The fourth-order valence-electron chi connectivity index (χ4n) is 2.23. The van der Waals surface area contributed by atoms with Gasteiger partial charge in [-0.1, -0.05) is 31.9 Å². The van der Waals surface area contributed by atoms with Crippen LogP contribution >= 0.6 is 31.9 Å². The maximum atomic E-state index is 5.43. The highest BCUT2D eigenvalue weighted by Gasteiger charge is 2.12. The predicted octanol–water partition coefficient (Wildman–Crippen LogP) is 5.07. The quantitative estimate of drug-likeness (QED) is 0.657. The molecule has 0 unspecified atom stereocenters. The molecule has 0 saturated carbocycles. The molecule has 102 valence electrons. The van der Waals surface area contributed by atoms with E-state index in [2.05, 4.69) is 49.8 Å². The van der Waals surface area contributed by atoms with Crippen molar-refractivity contribution < 1.29 is 4.74 Å². The van der Waals surface area contributed by atoms with Gasteiger partial charge in [-0.15, -0.1) is 0 Å². The van der Waals surface area contributed by atoms with Gasteiger partial charge in [0.2, 0.25) is 0 Å². The highest BCUT2D eigenvalue weighted by atomic mass is 79.9. The third kappa shape index (κ3) is 2.36. The smallest absolute Gasteiger partial charge is 0.142 e. The van der Waals surface area contributed by atoms with Crippen molar-refractivity contribution in [3.8, 4) is 17.1 Å². The van der Waals surface area contributed by atoms with Gasteiger partial charge in [-0.25, -0.2) is 4.98 Å². The molecule has 3 rings (SSSR count). The maximum absolute atomic E-state index is 5.43. The number of nitrogens with zero attached hydrogens (tertiary/aromatic N) is 1. The van der Waals surface area contributed by atoms with E-state index < -0.39 is 0 Å². The van der Waals surface area contributed by atoms with Gasteiger partial charge in [0.1, 0.15) is 11.6 Å². The van der Waals surface area contributed by atoms with Gasteiger partial charge in [-0.05, 0) is 42.8 Å². The van der Waals surface area contributed by atoms with Crippen LogP contribution < -0.4 is 4.74 Å². The normalized spacial score (nSPS) is 11.0. The van der Waals surface area contributed by atoms with Gasteiger partial charge >= 0.3 is 0 Å². The molecule has 3 aromatic rings. The molecule has 1 aromatic heterocycles. The van der Waals surface area contributed by atoms with Crippen molar-refractivity contribution in [2.75, 3.05) is 7.11 Å². The molecule has 5 heteroatoms. The van der Waals surface area contributed by atoms with E-state index in [1.165, 1.54) is 0 Å². The van der Waals surface area contributed by atoms with E-state index in [0.29, 0.717) is 0 Å². The predicted molar refractivity (Wildman–Crippen MR) is 88.2 cm³/mol. The van der Waals surface area contributed by atoms with Gasteiger partial charge in [-0.2, -0.15) is 0 Å². The molecular formula is C15H12Br2N2O. The average molecular weight is 396 g/mol. The largest absolute Gasteiger partial charge is 0.496 e. The van der Waals surface area contributed by atoms with Gasteiger partial charge in [0.05, 0.1) is 23.7 Å². The minimum Gasteiger partial charge on any atom is -0.496 e. The Morgan fingerprint density at radius 3 is 2.65 bits per heavy atom. The van der Waals surface area contributed by atoms with E-state index in [4.69, 9.17) is 9.72 Å². The summed E-state index contributed by atoms with van der Waals surface area (Å²) in [5.74, 6) is 1.60. The second kappa shape index (κ2) is 5.22. The molecule has 0 radical (unpaired) electrons. The first kappa shape index (κ1) is 13.6. The number of benzene rings is 2. The Hall–Kier alpha value is -1.33. The molecule has 3 nitrogen and oxygen atoms in total. The summed E-state index contributed by atoms with van der Waals surface area (Å²) in [6.45, 7) is 2.05. The monoisotopic (exact) mass is 394 g/mol. The summed E-state index contributed by atoms with van der Waals surface area (Å²) in [7, 11) is 1.66. The van der Waals surface area contributed by atoms with E-state index >= 15 is 0 Å². The molecule has 1 N–H and O–H groups in total. The minimum absolute atomic E-state index is 0.787. The van der Waals surface area contributed by atoms with Crippen LogP contribution in [-0.2, 0) is 0 Å². The summed E-state index contributed by atoms with van der Waals surface area (Å²) in [5, 5.41) is 0. The first-order chi connectivity index (χ1) is 9.58. The van der Waals surface area contributed by atoms with Crippen molar-refractivity contribution in [2.45, 2.75) is 6.92 Å². The third-order valence-corrected chi connectivity index (χ3v) is 4.11. The van der Waals surface area contributed by atoms with Crippen LogP contribution in [0.5, 0.6) is 5.75 Å². The number of hydrogen-bond donors (Lipinski definition) is 1. The second-order valence-electron chi connectivity index (χ2n) is 4.55. The number of aryl methyl sites for hydroxylation is 1. The number of ether oxygens (including phenoxy) is 1. The van der Waals surface area contributed by atoms with Crippen molar-refractivity contribution in [3.63, 3.8) is 0 Å². The SMILES string of the molecule is COc1cc(Br)ccc1-c1nc2c(C)cc(Br)cc2[nH]1. The topological polar surface area (TPSA) is 37.9 Å². The Bertz CT molecular complexity index is 796. The summed E-state index contributed by atoms with van der Waals surface area (Å²) < 4.78 is 7.45. The van der Waals surface area contributed by atoms with Crippen molar-refractivity contribution in [3.05, 3.63) is 44.8 Å². The van der Waals surface area contributed by atoms with Gasteiger partial charge in [0, 0.05) is 8.95 Å². The van der Waals surface area contributed by atoms with E-state index in [0.717, 1.165) is 42.7 Å². The average Bonchev–Trinajstić information content (AvgIpc) is 2.82. The number of aromatic amines is 1. The molecule has 20 heavy (non-hydrogen) atoms. The lowest BCUT2D eigenvalue weighted by molar-refractivity contribution is 0.416. The van der Waals surface area contributed by atoms with E-state index in [1.54, 1.807) is 7.11 Å². The Morgan fingerprint density at radius 1 is 1.10 bits per heavy atom. The summed E-state index contributed by atoms with van der Waals surface area (Å²) in [6.07, 6.45) is 0. The van der Waals surface area contributed by atoms with E-state index in [-0.39, 0.29) is 0 Å². The summed E-state index contributed by atoms with van der Waals surface area (Å²) in [4.78, 5) is 8.04. The Kier molecular flexibility index (Phi) is 3.56. The number of H-pyrrole nitrogens is 1. The fourth-order valence-corrected chi connectivity index (χ4v) is 3.15. The summed E-state index contributed by atoms with van der Waals surface area (Å²) in [5.41, 5.74) is 4.07. The van der Waals surface area contributed by atoms with Crippen molar-refractivity contribution in [2.24, 2.45) is 0 Å². The lowest BCUT2D eigenvalue weighted by Gasteiger charge is -2.06. The van der Waals surface area contributed by atoms with Crippen molar-refractivity contribution >= 4 is 42.9 Å². The van der Waals surface area contributed by atoms with Crippen LogP contribution in [0.2, 0.25) is 0 Å². The molecule has 0 saturated heterocycles. The standard InChI is InChI=1S/C15H12Br2N2O/c1-8-5-10(17)6-12-14(8)19-15(18-12)11-4-3-9(16)7-13(11)20-2/h3-7H,1-2H3,(H,18,19). The van der Waals surface area contributed by atoms with Crippen LogP contribution in [0, 0.1) is 6.92 Å². The Morgan fingerprint density at radius 2 is 1.90 bits per heavy atom. The van der Waals surface area contributed by atoms with E-state index in [9.17, 15) is 0 Å². The van der Waals surface area contributed by atoms with Gasteiger partial charge in [-0.3, -0.25) is 0 Å². The minimum atomic E-state index is 0.787. The van der Waals surface area contributed by atoms with E-state index in [1.807, 2.05) is 24.3 Å². The van der Waals surface area contributed by atoms with Crippen LogP contribution in [-0.4, -0.2) is 17.1 Å². The lowest BCUT2D eigenvalue weighted by Crippen LogP contribution is -1.89. The van der Waals surface area contributed by atoms with Gasteiger partial charge in [0.25, 0.3) is 0 Å². The number of methoxy groups -OCH3 is 1. The molecule has 0 aliphatic carbocycles. The van der Waals surface area contributed by atoms with Crippen LogP contribution in [0.3, 0.4) is 0 Å². The highest BCUT2D eigenvalue weighted by molar-refractivity contribution is 9.10. The van der Waals surface area contributed by atoms with Crippen molar-refractivity contribution in [1.82, 2.24) is 9.97 Å². The number of hydrogen-bond acceptors (Lipinski definition) is 2. The highest BCUT2D eigenvalue weighted by Crippen LogP contribution is 2.33. The molecule has 0 fully saturated rings. The molecule has 0 aliphatic rings. The molecule has 1 heterocycles. The third-order valence-electron chi connectivity index (χ3n) is 3.16. The second-order valence-corrected chi connectivity index (χ2v) is 6.38. The first-order valence-corrected chi connectivity index (χ1v) is 7.67. The maximum Gasteiger partial charge on any atom is 0.142 e. The summed E-state index contributed by atoms with van der Waals surface area (Å²) in [6, 6.07) is 10.0. The zero-order valence-corrected chi connectivity index (χ0v) is 14.2. The van der Waals surface area contributed by atoms with Crippen LogP contribution in [0.1, 0.15) is 5.56 Å². The molecule has 0 amide bonds. The van der Waals surface area contributed by atoms with Gasteiger partial charge in [0.15, 0.2) is 0 Å². The lowest BCUT2D eigenvalue weighted by atomic mass is 10.2. The number of imidazole rings is 1. The van der Waals surface area contributed by atoms with Crippen LogP contribution in [0.4, 0.5) is 0 Å². The number of fused-ring (bicyclic) bond motifs is 1. The van der Waals surface area contributed by atoms with Gasteiger partial charge < -0.3 is 9.72 Å². The molecule has 0 bridgehead atoms. The summed E-state index contributed by atoms with van der Waals surface area (Å²) >= 11 is 6.96.